The van der Waals surface area contributed by atoms with Crippen LogP contribution < -0.4 is 0 Å². The molecular formula is C18H18N2O3S. The first kappa shape index (κ1) is 17.7. The van der Waals surface area contributed by atoms with Crippen LogP contribution in [0.2, 0.25) is 0 Å². The molecule has 5 nitrogen and oxygen atoms in total. The third-order valence-electron chi connectivity index (χ3n) is 3.72. The second kappa shape index (κ2) is 6.85. The number of amides is 1. The molecule has 0 aliphatic carbocycles. The highest BCUT2D eigenvalue weighted by Crippen LogP contribution is 2.18. The summed E-state index contributed by atoms with van der Waals surface area (Å²) >= 11 is 0. The molecule has 124 valence electrons. The topological polar surface area (TPSA) is 78.2 Å². The van der Waals surface area contributed by atoms with Crippen molar-refractivity contribution in [1.82, 2.24) is 4.90 Å². The second-order valence-corrected chi connectivity index (χ2v) is 7.73. The second-order valence-electron chi connectivity index (χ2n) is 5.72. The van der Waals surface area contributed by atoms with Gasteiger partial charge in [-0.25, -0.2) is 8.42 Å². The summed E-state index contributed by atoms with van der Waals surface area (Å²) in [6.07, 6.45) is 1.12. The minimum Gasteiger partial charge on any atom is -0.337 e. The van der Waals surface area contributed by atoms with E-state index in [0.717, 1.165) is 17.4 Å². The van der Waals surface area contributed by atoms with E-state index in [1.165, 1.54) is 17.0 Å². The standard InChI is InChI=1S/C18H18N2O3S/c1-13-4-9-16(24(3,22)23)10-17(13)18(21)20(2)12-15-7-5-14(11-19)6-8-15/h4-10H,12H2,1-3H3. The normalized spacial score (nSPS) is 10.9. The number of aryl methyl sites for hydroxylation is 1. The van der Waals surface area contributed by atoms with Gasteiger partial charge in [0.2, 0.25) is 0 Å². The molecule has 2 rings (SSSR count). The largest absolute Gasteiger partial charge is 0.337 e. The first-order valence-corrected chi connectivity index (χ1v) is 9.16. The number of sulfone groups is 1. The molecule has 0 aliphatic heterocycles. The molecule has 24 heavy (non-hydrogen) atoms. The van der Waals surface area contributed by atoms with Gasteiger partial charge in [0.1, 0.15) is 0 Å². The Morgan fingerprint density at radius 2 is 1.79 bits per heavy atom. The van der Waals surface area contributed by atoms with Gasteiger partial charge in [-0.3, -0.25) is 4.79 Å². The average molecular weight is 342 g/mol. The maximum absolute atomic E-state index is 12.7. The highest BCUT2D eigenvalue weighted by atomic mass is 32.2. The number of rotatable bonds is 4. The lowest BCUT2D eigenvalue weighted by molar-refractivity contribution is 0.0784. The first-order chi connectivity index (χ1) is 11.2. The molecule has 0 N–H and O–H groups in total. The molecule has 2 aromatic rings. The summed E-state index contributed by atoms with van der Waals surface area (Å²) in [5.41, 5.74) is 2.54. The van der Waals surface area contributed by atoms with Crippen LogP contribution in [0.1, 0.15) is 27.0 Å². The summed E-state index contributed by atoms with van der Waals surface area (Å²) < 4.78 is 23.4. The molecule has 1 amide bonds. The van der Waals surface area contributed by atoms with Crippen LogP contribution in [-0.2, 0) is 16.4 Å². The number of hydrogen-bond donors (Lipinski definition) is 0. The zero-order chi connectivity index (χ0) is 17.9. The lowest BCUT2D eigenvalue weighted by Gasteiger charge is -2.19. The van der Waals surface area contributed by atoms with E-state index < -0.39 is 9.84 Å². The molecule has 0 radical (unpaired) electrons. The predicted octanol–water partition coefficient (Wildman–Crippen LogP) is 2.54. The summed E-state index contributed by atoms with van der Waals surface area (Å²) in [5.74, 6) is -0.248. The van der Waals surface area contributed by atoms with Gasteiger partial charge in [0, 0.05) is 25.4 Å². The number of carbonyl (C=O) groups excluding carboxylic acids is 1. The minimum atomic E-state index is -3.37. The van der Waals surface area contributed by atoms with Crippen molar-refractivity contribution in [1.29, 1.82) is 5.26 Å². The van der Waals surface area contributed by atoms with E-state index >= 15 is 0 Å². The summed E-state index contributed by atoms with van der Waals surface area (Å²) in [6, 6.07) is 13.6. The Labute approximate surface area is 142 Å². The van der Waals surface area contributed by atoms with Crippen LogP contribution in [-0.4, -0.2) is 32.5 Å². The molecule has 0 aromatic heterocycles. The number of benzene rings is 2. The Morgan fingerprint density at radius 3 is 2.33 bits per heavy atom. The maximum atomic E-state index is 12.7. The third kappa shape index (κ3) is 4.00. The van der Waals surface area contributed by atoms with Crippen molar-refractivity contribution in [3.63, 3.8) is 0 Å². The summed E-state index contributed by atoms with van der Waals surface area (Å²) in [7, 11) is -1.71. The molecular weight excluding hydrogens is 324 g/mol. The van der Waals surface area contributed by atoms with E-state index in [-0.39, 0.29) is 10.8 Å². The van der Waals surface area contributed by atoms with Gasteiger partial charge < -0.3 is 4.90 Å². The zero-order valence-electron chi connectivity index (χ0n) is 13.8. The summed E-state index contributed by atoms with van der Waals surface area (Å²) in [5, 5.41) is 8.81. The molecule has 0 spiro atoms. The molecule has 0 bridgehead atoms. The van der Waals surface area contributed by atoms with Crippen LogP contribution >= 0.6 is 0 Å². The van der Waals surface area contributed by atoms with Crippen LogP contribution in [0.5, 0.6) is 0 Å². The lowest BCUT2D eigenvalue weighted by Crippen LogP contribution is -2.27. The van der Waals surface area contributed by atoms with Crippen LogP contribution in [0.4, 0.5) is 0 Å². The van der Waals surface area contributed by atoms with E-state index in [0.29, 0.717) is 17.7 Å². The highest BCUT2D eigenvalue weighted by Gasteiger charge is 2.17. The van der Waals surface area contributed by atoms with E-state index in [4.69, 9.17) is 5.26 Å². The Kier molecular flexibility index (Phi) is 5.05. The molecule has 0 fully saturated rings. The summed E-state index contributed by atoms with van der Waals surface area (Å²) in [4.78, 5) is 14.3. The fourth-order valence-electron chi connectivity index (χ4n) is 2.30. The third-order valence-corrected chi connectivity index (χ3v) is 4.83. The first-order valence-electron chi connectivity index (χ1n) is 7.27. The molecule has 0 saturated carbocycles. The van der Waals surface area contributed by atoms with Crippen molar-refractivity contribution >= 4 is 15.7 Å². The number of hydrogen-bond acceptors (Lipinski definition) is 4. The minimum absolute atomic E-state index is 0.128. The Balaban J connectivity index is 2.25. The summed E-state index contributed by atoms with van der Waals surface area (Å²) in [6.45, 7) is 2.14. The van der Waals surface area contributed by atoms with Crippen LogP contribution in [0.15, 0.2) is 47.4 Å². The van der Waals surface area contributed by atoms with Gasteiger partial charge in [0.15, 0.2) is 9.84 Å². The smallest absolute Gasteiger partial charge is 0.254 e. The average Bonchev–Trinajstić information content (AvgIpc) is 2.54. The SMILES string of the molecule is Cc1ccc(S(C)(=O)=O)cc1C(=O)N(C)Cc1ccc(C#N)cc1. The Bertz CT molecular complexity index is 910. The molecule has 0 atom stereocenters. The van der Waals surface area contributed by atoms with Crippen molar-refractivity contribution in [3.8, 4) is 6.07 Å². The fourth-order valence-corrected chi connectivity index (χ4v) is 2.95. The van der Waals surface area contributed by atoms with Gasteiger partial charge in [0.05, 0.1) is 16.5 Å². The number of nitriles is 1. The van der Waals surface area contributed by atoms with Crippen molar-refractivity contribution in [2.45, 2.75) is 18.4 Å². The van der Waals surface area contributed by atoms with Crippen LogP contribution in [0.25, 0.3) is 0 Å². The van der Waals surface area contributed by atoms with Gasteiger partial charge in [-0.15, -0.1) is 0 Å². The van der Waals surface area contributed by atoms with Gasteiger partial charge in [0.25, 0.3) is 5.91 Å². The van der Waals surface area contributed by atoms with Crippen molar-refractivity contribution in [2.75, 3.05) is 13.3 Å². The van der Waals surface area contributed by atoms with E-state index in [9.17, 15) is 13.2 Å². The molecule has 6 heteroatoms. The number of carbonyl (C=O) groups is 1. The fraction of sp³-hybridized carbons (Fsp3) is 0.222. The predicted molar refractivity (Wildman–Crippen MR) is 91.2 cm³/mol. The van der Waals surface area contributed by atoms with Crippen LogP contribution in [0, 0.1) is 18.3 Å². The van der Waals surface area contributed by atoms with Gasteiger partial charge in [-0.05, 0) is 42.3 Å². The molecule has 2 aromatic carbocycles. The quantitative estimate of drug-likeness (QED) is 0.855. The van der Waals surface area contributed by atoms with E-state index in [1.54, 1.807) is 44.3 Å². The molecule has 0 heterocycles. The van der Waals surface area contributed by atoms with Gasteiger partial charge in [-0.2, -0.15) is 5.26 Å². The Hall–Kier alpha value is -2.65. The van der Waals surface area contributed by atoms with Crippen molar-refractivity contribution < 1.29 is 13.2 Å². The van der Waals surface area contributed by atoms with Crippen molar-refractivity contribution in [3.05, 3.63) is 64.7 Å². The molecule has 0 saturated heterocycles. The van der Waals surface area contributed by atoms with Gasteiger partial charge >= 0.3 is 0 Å². The van der Waals surface area contributed by atoms with Crippen LogP contribution in [0.3, 0.4) is 0 Å². The maximum Gasteiger partial charge on any atom is 0.254 e. The molecule has 0 aliphatic rings. The molecule has 0 unspecified atom stereocenters. The van der Waals surface area contributed by atoms with Crippen molar-refractivity contribution in [2.24, 2.45) is 0 Å². The highest BCUT2D eigenvalue weighted by molar-refractivity contribution is 7.90. The van der Waals surface area contributed by atoms with E-state index in [2.05, 4.69) is 0 Å². The zero-order valence-corrected chi connectivity index (χ0v) is 14.6. The Morgan fingerprint density at radius 1 is 1.17 bits per heavy atom. The van der Waals surface area contributed by atoms with Gasteiger partial charge in [-0.1, -0.05) is 18.2 Å². The van der Waals surface area contributed by atoms with E-state index in [1.807, 2.05) is 6.07 Å². The number of nitrogens with zero attached hydrogens (tertiary/aromatic N) is 2. The monoisotopic (exact) mass is 342 g/mol. The lowest BCUT2D eigenvalue weighted by atomic mass is 10.1.